The zero-order valence-corrected chi connectivity index (χ0v) is 19.5. The van der Waals surface area contributed by atoms with Crippen LogP contribution in [0, 0.1) is 11.2 Å². The Balaban J connectivity index is 2.37. The molecule has 2 rings (SSSR count). The van der Waals surface area contributed by atoms with E-state index in [0.29, 0.717) is 6.42 Å². The average Bonchev–Trinajstić information content (AvgIpc) is 2.81. The second-order valence-electron chi connectivity index (χ2n) is 7.46. The molecule has 0 saturated carbocycles. The van der Waals surface area contributed by atoms with Crippen molar-refractivity contribution in [1.29, 1.82) is 5.41 Å². The van der Waals surface area contributed by atoms with Crippen molar-refractivity contribution in [3.63, 3.8) is 0 Å². The van der Waals surface area contributed by atoms with Crippen molar-refractivity contribution in [2.75, 3.05) is 27.7 Å². The second kappa shape index (κ2) is 12.4. The molecule has 182 valence electrons. The number of hydrogen-bond donors (Lipinski definition) is 4. The standard InChI is InChI=1S/C24H29FN4O5/c1-5-17(14-30)33-18-10-16(23(31)28-22(26)8-9-27-2)11-19(13-18)34-21-7-6-15(12-20(21)25)24(32)29(3)4/h6-13,17,27,30H,5,14H2,1-4H3,(H2,26,28,31)/b9-8-. The fraction of sp³-hybridized carbons (Fsp3) is 0.292. The largest absolute Gasteiger partial charge is 0.488 e. The van der Waals surface area contributed by atoms with Gasteiger partial charge < -0.3 is 30.1 Å². The summed E-state index contributed by atoms with van der Waals surface area (Å²) in [4.78, 5) is 26.1. The number of benzene rings is 2. The number of carbonyl (C=O) groups is 2. The molecule has 1 unspecified atom stereocenters. The van der Waals surface area contributed by atoms with Gasteiger partial charge in [-0.25, -0.2) is 4.39 Å². The highest BCUT2D eigenvalue weighted by molar-refractivity contribution is 6.09. The lowest BCUT2D eigenvalue weighted by molar-refractivity contribution is 0.0826. The molecule has 0 bridgehead atoms. The Morgan fingerprint density at radius 1 is 1.18 bits per heavy atom. The summed E-state index contributed by atoms with van der Waals surface area (Å²) in [5.41, 5.74) is 0.261. The van der Waals surface area contributed by atoms with Crippen LogP contribution < -0.4 is 20.1 Å². The van der Waals surface area contributed by atoms with Crippen LogP contribution in [0.3, 0.4) is 0 Å². The van der Waals surface area contributed by atoms with Crippen molar-refractivity contribution in [3.8, 4) is 17.2 Å². The van der Waals surface area contributed by atoms with E-state index in [1.54, 1.807) is 21.1 Å². The minimum atomic E-state index is -0.759. The van der Waals surface area contributed by atoms with Gasteiger partial charge in [0.1, 0.15) is 23.4 Å². The maximum atomic E-state index is 14.6. The van der Waals surface area contributed by atoms with Crippen LogP contribution in [-0.2, 0) is 0 Å². The molecule has 0 aliphatic carbocycles. The van der Waals surface area contributed by atoms with Gasteiger partial charge >= 0.3 is 0 Å². The summed E-state index contributed by atoms with van der Waals surface area (Å²) in [6, 6.07) is 8.09. The Kier molecular flexibility index (Phi) is 9.57. The van der Waals surface area contributed by atoms with Gasteiger partial charge in [-0.05, 0) is 49.0 Å². The summed E-state index contributed by atoms with van der Waals surface area (Å²) in [6.45, 7) is 1.59. The van der Waals surface area contributed by atoms with Crippen molar-refractivity contribution in [2.45, 2.75) is 19.4 Å². The molecule has 4 N–H and O–H groups in total. The number of nitrogens with one attached hydrogen (secondary N) is 3. The van der Waals surface area contributed by atoms with Crippen LogP contribution in [0.5, 0.6) is 17.2 Å². The molecule has 0 saturated heterocycles. The number of aliphatic hydroxyl groups is 1. The predicted octanol–water partition coefficient (Wildman–Crippen LogP) is 2.91. The number of ether oxygens (including phenoxy) is 2. The van der Waals surface area contributed by atoms with E-state index in [4.69, 9.17) is 14.9 Å². The minimum Gasteiger partial charge on any atom is -0.488 e. The highest BCUT2D eigenvalue weighted by Gasteiger charge is 2.17. The summed E-state index contributed by atoms with van der Waals surface area (Å²) in [6.07, 6.45) is 2.84. The van der Waals surface area contributed by atoms with Gasteiger partial charge in [0.25, 0.3) is 11.8 Å². The number of nitrogens with zero attached hydrogens (tertiary/aromatic N) is 1. The van der Waals surface area contributed by atoms with Crippen LogP contribution in [-0.4, -0.2) is 61.5 Å². The number of aliphatic hydroxyl groups excluding tert-OH is 1. The van der Waals surface area contributed by atoms with Gasteiger partial charge in [0.15, 0.2) is 11.6 Å². The zero-order valence-electron chi connectivity index (χ0n) is 19.5. The molecule has 0 radical (unpaired) electrons. The van der Waals surface area contributed by atoms with Gasteiger partial charge in [-0.1, -0.05) is 6.92 Å². The molecular formula is C24H29FN4O5. The monoisotopic (exact) mass is 472 g/mol. The number of amidine groups is 1. The third-order valence-corrected chi connectivity index (χ3v) is 4.58. The molecule has 0 aliphatic heterocycles. The summed E-state index contributed by atoms with van der Waals surface area (Å²) >= 11 is 0. The fourth-order valence-electron chi connectivity index (χ4n) is 2.78. The van der Waals surface area contributed by atoms with Crippen LogP contribution >= 0.6 is 0 Å². The van der Waals surface area contributed by atoms with Crippen molar-refractivity contribution in [1.82, 2.24) is 15.5 Å². The summed E-state index contributed by atoms with van der Waals surface area (Å²) in [5, 5.41) is 22.4. The van der Waals surface area contributed by atoms with E-state index in [0.717, 1.165) is 6.07 Å². The number of halogens is 1. The third kappa shape index (κ3) is 7.31. The highest BCUT2D eigenvalue weighted by Crippen LogP contribution is 2.30. The van der Waals surface area contributed by atoms with E-state index >= 15 is 0 Å². The summed E-state index contributed by atoms with van der Waals surface area (Å²) < 4.78 is 26.0. The van der Waals surface area contributed by atoms with Gasteiger partial charge in [-0.15, -0.1) is 0 Å². The molecule has 0 heterocycles. The number of amides is 2. The van der Waals surface area contributed by atoms with E-state index in [1.165, 1.54) is 47.5 Å². The Labute approximate surface area is 197 Å². The SMILES string of the molecule is CCC(CO)Oc1cc(Oc2ccc(C(=O)N(C)C)cc2F)cc(C(=O)NC(=N)/C=C\NC)c1. The van der Waals surface area contributed by atoms with Gasteiger partial charge in [0, 0.05) is 38.3 Å². The zero-order chi connectivity index (χ0) is 25.3. The van der Waals surface area contributed by atoms with Crippen LogP contribution in [0.2, 0.25) is 0 Å². The smallest absolute Gasteiger partial charge is 0.257 e. The predicted molar refractivity (Wildman–Crippen MR) is 126 cm³/mol. The molecule has 2 aromatic carbocycles. The minimum absolute atomic E-state index is 0.0957. The Morgan fingerprint density at radius 2 is 1.88 bits per heavy atom. The summed E-state index contributed by atoms with van der Waals surface area (Å²) in [5.74, 6) is -1.71. The number of hydrogen-bond acceptors (Lipinski definition) is 7. The van der Waals surface area contributed by atoms with Crippen molar-refractivity contribution in [3.05, 3.63) is 65.6 Å². The van der Waals surface area contributed by atoms with E-state index in [9.17, 15) is 19.1 Å². The molecule has 2 amide bonds. The fourth-order valence-corrected chi connectivity index (χ4v) is 2.78. The van der Waals surface area contributed by atoms with E-state index in [2.05, 4.69) is 10.6 Å². The first-order valence-electron chi connectivity index (χ1n) is 10.5. The van der Waals surface area contributed by atoms with Crippen LogP contribution in [0.4, 0.5) is 4.39 Å². The van der Waals surface area contributed by atoms with Gasteiger partial charge in [-0.2, -0.15) is 0 Å². The van der Waals surface area contributed by atoms with E-state index in [1.807, 2.05) is 6.92 Å². The van der Waals surface area contributed by atoms with Crippen molar-refractivity contribution >= 4 is 17.6 Å². The Morgan fingerprint density at radius 3 is 2.47 bits per heavy atom. The maximum Gasteiger partial charge on any atom is 0.257 e. The second-order valence-corrected chi connectivity index (χ2v) is 7.46. The summed E-state index contributed by atoms with van der Waals surface area (Å²) in [7, 11) is 4.78. The molecule has 9 nitrogen and oxygen atoms in total. The van der Waals surface area contributed by atoms with Crippen LogP contribution in [0.1, 0.15) is 34.1 Å². The molecule has 10 heteroatoms. The normalized spacial score (nSPS) is 11.6. The molecule has 1 atom stereocenters. The highest BCUT2D eigenvalue weighted by atomic mass is 19.1. The molecule has 0 fully saturated rings. The van der Waals surface area contributed by atoms with Crippen molar-refractivity contribution < 1.29 is 28.6 Å². The topological polar surface area (TPSA) is 124 Å². The van der Waals surface area contributed by atoms with Gasteiger partial charge in [-0.3, -0.25) is 15.0 Å². The Bertz CT molecular complexity index is 1070. The molecule has 2 aromatic rings. The third-order valence-electron chi connectivity index (χ3n) is 4.58. The van der Waals surface area contributed by atoms with E-state index in [-0.39, 0.29) is 46.7 Å². The molecule has 34 heavy (non-hydrogen) atoms. The molecule has 0 spiro atoms. The first-order valence-corrected chi connectivity index (χ1v) is 10.5. The quantitative estimate of drug-likeness (QED) is 0.311. The Hall–Kier alpha value is -3.92. The number of carbonyl (C=O) groups excluding carboxylic acids is 2. The molecule has 0 aromatic heterocycles. The van der Waals surface area contributed by atoms with Gasteiger partial charge in [0.2, 0.25) is 0 Å². The van der Waals surface area contributed by atoms with Crippen molar-refractivity contribution in [2.24, 2.45) is 0 Å². The molecular weight excluding hydrogens is 443 g/mol. The number of rotatable bonds is 10. The average molecular weight is 473 g/mol. The van der Waals surface area contributed by atoms with Crippen LogP contribution in [0.25, 0.3) is 0 Å². The first-order chi connectivity index (χ1) is 16.2. The molecule has 0 aliphatic rings. The lowest BCUT2D eigenvalue weighted by Gasteiger charge is -2.17. The lowest BCUT2D eigenvalue weighted by atomic mass is 10.1. The van der Waals surface area contributed by atoms with Gasteiger partial charge in [0.05, 0.1) is 6.61 Å². The lowest BCUT2D eigenvalue weighted by Crippen LogP contribution is -2.28. The van der Waals surface area contributed by atoms with Crippen LogP contribution in [0.15, 0.2) is 48.7 Å². The van der Waals surface area contributed by atoms with E-state index < -0.39 is 17.8 Å². The first kappa shape index (κ1) is 26.3. The maximum absolute atomic E-state index is 14.6.